The van der Waals surface area contributed by atoms with Crippen LogP contribution in [0.2, 0.25) is 11.1 Å². The van der Waals surface area contributed by atoms with Crippen LogP contribution in [0.25, 0.3) is 0 Å². The van der Waals surface area contributed by atoms with Crippen molar-refractivity contribution in [3.05, 3.63) is 42.0 Å². The van der Waals surface area contributed by atoms with Gasteiger partial charge in [0.15, 0.2) is 0 Å². The van der Waals surface area contributed by atoms with Gasteiger partial charge in [0.1, 0.15) is 0 Å². The van der Waals surface area contributed by atoms with Gasteiger partial charge in [-0.25, -0.2) is 0 Å². The minimum atomic E-state index is -2.47. The maximum Gasteiger partial charge on any atom is 0.229 e. The fourth-order valence-corrected chi connectivity index (χ4v) is 5.08. The van der Waals surface area contributed by atoms with E-state index in [4.69, 9.17) is 0 Å². The number of rotatable bonds is 3. The smallest absolute Gasteiger partial charge is 0.229 e. The fraction of sp³-hybridized carbons (Fsp3) is 0.467. The number of benzene rings is 1. The molecule has 1 nitrogen and oxygen atoms in total. The van der Waals surface area contributed by atoms with E-state index in [9.17, 15) is 4.80 Å². The Morgan fingerprint density at radius 3 is 2.12 bits per heavy atom. The van der Waals surface area contributed by atoms with E-state index < -0.39 is 8.32 Å². The number of hydrogen-bond donors (Lipinski definition) is 1. The van der Waals surface area contributed by atoms with Crippen LogP contribution in [0.3, 0.4) is 0 Å². The van der Waals surface area contributed by atoms with Crippen LogP contribution < -0.4 is 5.19 Å². The summed E-state index contributed by atoms with van der Waals surface area (Å²) in [7, 11) is -2.47. The van der Waals surface area contributed by atoms with Crippen molar-refractivity contribution >= 4 is 13.5 Å². The van der Waals surface area contributed by atoms with Crippen LogP contribution >= 0.6 is 0 Å². The third-order valence-electron chi connectivity index (χ3n) is 3.30. The van der Waals surface area contributed by atoms with Gasteiger partial charge in [0.2, 0.25) is 8.32 Å². The summed E-state index contributed by atoms with van der Waals surface area (Å²) in [5.41, 5.74) is 1.27. The molecule has 0 radical (unpaired) electrons. The average Bonchev–Trinajstić information content (AvgIpc) is 2.25. The van der Waals surface area contributed by atoms with Gasteiger partial charge in [-0.05, 0) is 30.1 Å². The molecule has 0 spiro atoms. The highest BCUT2D eigenvalue weighted by Gasteiger charge is 2.44. The molecule has 0 amide bonds. The normalized spacial score (nSPS) is 15.2. The zero-order valence-corrected chi connectivity index (χ0v) is 12.6. The van der Waals surface area contributed by atoms with Crippen LogP contribution in [-0.4, -0.2) is 13.1 Å². The molecule has 1 aromatic rings. The highest BCUT2D eigenvalue weighted by atomic mass is 28.4. The molecule has 94 valence electrons. The van der Waals surface area contributed by atoms with Gasteiger partial charge in [-0.15, -0.1) is 0 Å². The molecule has 0 bridgehead atoms. The van der Waals surface area contributed by atoms with Crippen LogP contribution in [0.4, 0.5) is 0 Å². The summed E-state index contributed by atoms with van der Waals surface area (Å²) >= 11 is 0. The molecule has 1 N–H and O–H groups in total. The van der Waals surface area contributed by atoms with E-state index in [1.54, 1.807) is 0 Å². The van der Waals surface area contributed by atoms with E-state index in [-0.39, 0.29) is 5.04 Å². The van der Waals surface area contributed by atoms with E-state index in [1.165, 1.54) is 5.57 Å². The van der Waals surface area contributed by atoms with Gasteiger partial charge < -0.3 is 4.80 Å². The SMILES string of the molecule is CC(C)=CC[Si](O)(c1ccccc1)C(C)(C)C. The van der Waals surface area contributed by atoms with Crippen LogP contribution in [0, 0.1) is 0 Å². The molecule has 0 fully saturated rings. The molecule has 0 heterocycles. The van der Waals surface area contributed by atoms with E-state index >= 15 is 0 Å². The van der Waals surface area contributed by atoms with Crippen LogP contribution in [0.1, 0.15) is 34.6 Å². The molecule has 1 atom stereocenters. The average molecular weight is 248 g/mol. The molecule has 17 heavy (non-hydrogen) atoms. The van der Waals surface area contributed by atoms with Crippen molar-refractivity contribution in [3.63, 3.8) is 0 Å². The lowest BCUT2D eigenvalue weighted by atomic mass is 10.2. The highest BCUT2D eigenvalue weighted by Crippen LogP contribution is 2.36. The van der Waals surface area contributed by atoms with E-state index in [0.717, 1.165) is 11.2 Å². The lowest BCUT2D eigenvalue weighted by molar-refractivity contribution is 0.490. The Labute approximate surface area is 106 Å². The molecule has 0 aliphatic carbocycles. The molecule has 0 aromatic heterocycles. The van der Waals surface area contributed by atoms with Crippen LogP contribution in [0.15, 0.2) is 42.0 Å². The summed E-state index contributed by atoms with van der Waals surface area (Å²) in [5.74, 6) is 0. The van der Waals surface area contributed by atoms with Gasteiger partial charge in [0, 0.05) is 0 Å². The lowest BCUT2D eigenvalue weighted by Crippen LogP contribution is -2.55. The molecule has 1 unspecified atom stereocenters. The molecule has 1 aromatic carbocycles. The van der Waals surface area contributed by atoms with Crippen molar-refractivity contribution in [1.29, 1.82) is 0 Å². The van der Waals surface area contributed by atoms with Gasteiger partial charge in [-0.3, -0.25) is 0 Å². The van der Waals surface area contributed by atoms with Crippen molar-refractivity contribution in [1.82, 2.24) is 0 Å². The van der Waals surface area contributed by atoms with E-state index in [1.807, 2.05) is 18.2 Å². The molecule has 1 rings (SSSR count). The molecule has 0 aliphatic heterocycles. The van der Waals surface area contributed by atoms with Crippen molar-refractivity contribution < 1.29 is 4.80 Å². The Bertz CT molecular complexity index is 385. The number of allylic oxidation sites excluding steroid dienone is 2. The monoisotopic (exact) mass is 248 g/mol. The molecule has 0 saturated carbocycles. The van der Waals surface area contributed by atoms with Crippen molar-refractivity contribution in [2.24, 2.45) is 0 Å². The second kappa shape index (κ2) is 5.19. The summed E-state index contributed by atoms with van der Waals surface area (Å²) in [6, 6.07) is 11.0. The maximum atomic E-state index is 11.2. The first-order valence-electron chi connectivity index (χ1n) is 6.18. The van der Waals surface area contributed by atoms with Gasteiger partial charge in [0.25, 0.3) is 0 Å². The minimum absolute atomic E-state index is 0.0553. The largest absolute Gasteiger partial charge is 0.427 e. The Balaban J connectivity index is 3.17. The van der Waals surface area contributed by atoms with Gasteiger partial charge >= 0.3 is 0 Å². The zero-order valence-electron chi connectivity index (χ0n) is 11.6. The summed E-state index contributed by atoms with van der Waals surface area (Å²) in [6.07, 6.45) is 2.17. The first kappa shape index (κ1) is 14.2. The minimum Gasteiger partial charge on any atom is -0.427 e. The highest BCUT2D eigenvalue weighted by molar-refractivity contribution is 6.88. The van der Waals surface area contributed by atoms with Crippen LogP contribution in [-0.2, 0) is 0 Å². The van der Waals surface area contributed by atoms with Crippen LogP contribution in [0.5, 0.6) is 0 Å². The van der Waals surface area contributed by atoms with Gasteiger partial charge in [-0.1, -0.05) is 62.8 Å². The summed E-state index contributed by atoms with van der Waals surface area (Å²) in [6.45, 7) is 10.6. The summed E-state index contributed by atoms with van der Waals surface area (Å²) < 4.78 is 0. The van der Waals surface area contributed by atoms with E-state index in [0.29, 0.717) is 0 Å². The standard InChI is InChI=1S/C15H24OSi/c1-13(2)11-12-17(16,15(3,4)5)14-9-7-6-8-10-14/h6-11,16H,12H2,1-5H3. The lowest BCUT2D eigenvalue weighted by Gasteiger charge is -2.37. The topological polar surface area (TPSA) is 20.2 Å². The van der Waals surface area contributed by atoms with Gasteiger partial charge in [-0.2, -0.15) is 0 Å². The Hall–Kier alpha value is -0.863. The van der Waals surface area contributed by atoms with E-state index in [2.05, 4.69) is 52.8 Å². The molecule has 2 heteroatoms. The number of hydrogen-bond acceptors (Lipinski definition) is 1. The quantitative estimate of drug-likeness (QED) is 0.640. The Kier molecular flexibility index (Phi) is 4.34. The van der Waals surface area contributed by atoms with Crippen molar-refractivity contribution in [2.75, 3.05) is 0 Å². The Morgan fingerprint density at radius 1 is 1.18 bits per heavy atom. The van der Waals surface area contributed by atoms with Crippen molar-refractivity contribution in [3.8, 4) is 0 Å². The third-order valence-corrected chi connectivity index (χ3v) is 7.86. The zero-order chi connectivity index (χ0) is 13.1. The molecular weight excluding hydrogens is 224 g/mol. The second-order valence-electron chi connectivity index (χ2n) is 5.96. The molecular formula is C15H24OSi. The van der Waals surface area contributed by atoms with Gasteiger partial charge in [0.05, 0.1) is 0 Å². The predicted octanol–water partition coefficient (Wildman–Crippen LogP) is 3.60. The fourth-order valence-electron chi connectivity index (χ4n) is 1.92. The predicted molar refractivity (Wildman–Crippen MR) is 78.0 cm³/mol. The Morgan fingerprint density at radius 2 is 1.71 bits per heavy atom. The first-order valence-corrected chi connectivity index (χ1v) is 8.34. The summed E-state index contributed by atoms with van der Waals surface area (Å²) in [5, 5.41) is 1.07. The second-order valence-corrected chi connectivity index (χ2v) is 10.2. The summed E-state index contributed by atoms with van der Waals surface area (Å²) in [4.78, 5) is 11.2. The van der Waals surface area contributed by atoms with Crippen molar-refractivity contribution in [2.45, 2.75) is 45.7 Å². The molecule has 0 saturated heterocycles. The first-order chi connectivity index (χ1) is 7.77. The molecule has 0 aliphatic rings. The maximum absolute atomic E-state index is 11.2. The third kappa shape index (κ3) is 3.30.